The first-order valence-electron chi connectivity index (χ1n) is 11.0. The largest absolute Gasteiger partial charge is 0.492 e. The van der Waals surface area contributed by atoms with E-state index in [-0.39, 0.29) is 17.7 Å². The maximum absolute atomic E-state index is 12.1. The second kappa shape index (κ2) is 13.0. The molecule has 1 N–H and O–H groups in total. The van der Waals surface area contributed by atoms with Crippen LogP contribution < -0.4 is 10.1 Å². The van der Waals surface area contributed by atoms with E-state index >= 15 is 0 Å². The average molecular weight is 403 g/mol. The summed E-state index contributed by atoms with van der Waals surface area (Å²) < 4.78 is 5.52. The van der Waals surface area contributed by atoms with E-state index in [0.717, 1.165) is 57.1 Å². The van der Waals surface area contributed by atoms with E-state index in [4.69, 9.17) is 4.74 Å². The van der Waals surface area contributed by atoms with Crippen molar-refractivity contribution >= 4 is 23.4 Å². The molecule has 1 aliphatic rings. The number of nitrogens with zero attached hydrogens (tertiary/aromatic N) is 1. The zero-order valence-electron chi connectivity index (χ0n) is 17.6. The van der Waals surface area contributed by atoms with Crippen molar-refractivity contribution in [3.63, 3.8) is 0 Å². The van der Waals surface area contributed by atoms with Crippen LogP contribution in [0.2, 0.25) is 0 Å². The lowest BCUT2D eigenvalue weighted by molar-refractivity contribution is -0.138. The molecule has 1 saturated heterocycles. The number of hydrogen-bond donors (Lipinski definition) is 1. The highest BCUT2D eigenvalue weighted by atomic mass is 16.5. The third-order valence-corrected chi connectivity index (χ3v) is 5.15. The summed E-state index contributed by atoms with van der Waals surface area (Å²) in [6, 6.07) is 7.50. The summed E-state index contributed by atoms with van der Waals surface area (Å²) >= 11 is 0. The maximum atomic E-state index is 12.1. The van der Waals surface area contributed by atoms with Crippen molar-refractivity contribution in [2.75, 3.05) is 18.5 Å². The van der Waals surface area contributed by atoms with Gasteiger partial charge in [0, 0.05) is 25.8 Å². The number of carbonyl (C=O) groups excluding carboxylic acids is 3. The summed E-state index contributed by atoms with van der Waals surface area (Å²) in [5.74, 6) is 0.714. The Morgan fingerprint density at radius 1 is 0.931 bits per heavy atom. The number of carbonyl (C=O) groups is 3. The molecule has 2 rings (SSSR count). The fourth-order valence-corrected chi connectivity index (χ4v) is 3.55. The first-order chi connectivity index (χ1) is 14.1. The number of likely N-dealkylation sites (tertiary alicyclic amines) is 1. The minimum atomic E-state index is -0.0135. The minimum absolute atomic E-state index is 0.0135. The van der Waals surface area contributed by atoms with Gasteiger partial charge in [0.15, 0.2) is 0 Å². The van der Waals surface area contributed by atoms with Crippen molar-refractivity contribution in [1.29, 1.82) is 0 Å². The van der Waals surface area contributed by atoms with Crippen LogP contribution in [0.4, 0.5) is 5.69 Å². The molecule has 1 heterocycles. The number of para-hydroxylation sites is 2. The van der Waals surface area contributed by atoms with Crippen LogP contribution >= 0.6 is 0 Å². The molecule has 0 bridgehead atoms. The lowest BCUT2D eigenvalue weighted by Crippen LogP contribution is -2.29. The van der Waals surface area contributed by atoms with Gasteiger partial charge in [-0.3, -0.25) is 19.3 Å². The number of rotatable bonds is 14. The van der Waals surface area contributed by atoms with Crippen LogP contribution in [0.25, 0.3) is 0 Å². The monoisotopic (exact) mass is 402 g/mol. The molecule has 0 aromatic heterocycles. The summed E-state index contributed by atoms with van der Waals surface area (Å²) in [7, 11) is 0. The number of anilines is 1. The summed E-state index contributed by atoms with van der Waals surface area (Å²) in [6.07, 6.45) is 9.78. The fraction of sp³-hybridized carbons (Fsp3) is 0.609. The molecule has 1 aromatic carbocycles. The van der Waals surface area contributed by atoms with Gasteiger partial charge in [0.1, 0.15) is 5.75 Å². The van der Waals surface area contributed by atoms with Crippen LogP contribution in [-0.4, -0.2) is 35.8 Å². The molecule has 0 unspecified atom stereocenters. The van der Waals surface area contributed by atoms with E-state index in [1.807, 2.05) is 31.2 Å². The standard InChI is InChI=1S/C23H34N2O4/c1-2-29-20-14-11-10-13-19(20)24-21(26)15-9-7-5-3-4-6-8-12-18-25-22(27)16-17-23(25)28/h10-11,13-14H,2-9,12,15-18H2,1H3,(H,24,26). The van der Waals surface area contributed by atoms with E-state index in [9.17, 15) is 14.4 Å². The topological polar surface area (TPSA) is 75.7 Å². The Hall–Kier alpha value is -2.37. The molecular formula is C23H34N2O4. The number of hydrogen-bond acceptors (Lipinski definition) is 4. The third kappa shape index (κ3) is 8.26. The van der Waals surface area contributed by atoms with E-state index in [1.54, 1.807) is 0 Å². The summed E-state index contributed by atoms with van der Waals surface area (Å²) in [6.45, 7) is 3.08. The number of amides is 3. The SMILES string of the molecule is CCOc1ccccc1NC(=O)CCCCCCCCCCN1C(=O)CCC1=O. The van der Waals surface area contributed by atoms with E-state index in [2.05, 4.69) is 5.32 Å². The van der Waals surface area contributed by atoms with Gasteiger partial charge < -0.3 is 10.1 Å². The molecule has 0 radical (unpaired) electrons. The van der Waals surface area contributed by atoms with Gasteiger partial charge in [0.2, 0.25) is 17.7 Å². The molecule has 0 aliphatic carbocycles. The van der Waals surface area contributed by atoms with Gasteiger partial charge in [0.05, 0.1) is 12.3 Å². The third-order valence-electron chi connectivity index (χ3n) is 5.15. The molecule has 160 valence electrons. The van der Waals surface area contributed by atoms with Crippen LogP contribution in [0.3, 0.4) is 0 Å². The lowest BCUT2D eigenvalue weighted by atomic mass is 10.1. The van der Waals surface area contributed by atoms with Crippen LogP contribution in [0.5, 0.6) is 5.75 Å². The molecular weight excluding hydrogens is 368 g/mol. The smallest absolute Gasteiger partial charge is 0.229 e. The van der Waals surface area contributed by atoms with Gasteiger partial charge in [0.25, 0.3) is 0 Å². The first-order valence-corrected chi connectivity index (χ1v) is 11.0. The lowest BCUT2D eigenvalue weighted by Gasteiger charge is -2.13. The van der Waals surface area contributed by atoms with Crippen LogP contribution in [0, 0.1) is 0 Å². The van der Waals surface area contributed by atoms with Crippen molar-refractivity contribution in [3.05, 3.63) is 24.3 Å². The fourth-order valence-electron chi connectivity index (χ4n) is 3.55. The Kier molecular flexibility index (Phi) is 10.2. The van der Waals surface area contributed by atoms with E-state index < -0.39 is 0 Å². The van der Waals surface area contributed by atoms with Gasteiger partial charge in [-0.05, 0) is 31.9 Å². The highest BCUT2D eigenvalue weighted by Crippen LogP contribution is 2.24. The molecule has 29 heavy (non-hydrogen) atoms. The number of benzene rings is 1. The van der Waals surface area contributed by atoms with Crippen LogP contribution in [0.15, 0.2) is 24.3 Å². The molecule has 3 amide bonds. The zero-order valence-corrected chi connectivity index (χ0v) is 17.6. The average Bonchev–Trinajstić information content (AvgIpc) is 3.03. The van der Waals surface area contributed by atoms with Gasteiger partial charge in [-0.1, -0.05) is 50.7 Å². The second-order valence-corrected chi connectivity index (χ2v) is 7.49. The van der Waals surface area contributed by atoms with Crippen LogP contribution in [-0.2, 0) is 14.4 Å². The van der Waals surface area contributed by atoms with Crippen LogP contribution in [0.1, 0.15) is 77.6 Å². The molecule has 1 fully saturated rings. The van der Waals surface area contributed by atoms with Gasteiger partial charge in [-0.25, -0.2) is 0 Å². The molecule has 0 atom stereocenters. The Morgan fingerprint density at radius 3 is 2.17 bits per heavy atom. The predicted molar refractivity (Wildman–Crippen MR) is 114 cm³/mol. The molecule has 6 heteroatoms. The summed E-state index contributed by atoms with van der Waals surface area (Å²) in [5, 5.41) is 2.93. The van der Waals surface area contributed by atoms with Gasteiger partial charge in [-0.2, -0.15) is 0 Å². The molecule has 1 aromatic rings. The Bertz CT molecular complexity index is 659. The number of unbranched alkanes of at least 4 members (excludes halogenated alkanes) is 7. The van der Waals surface area contributed by atoms with Gasteiger partial charge in [-0.15, -0.1) is 0 Å². The number of imide groups is 1. The van der Waals surface area contributed by atoms with Crippen molar-refractivity contribution in [2.24, 2.45) is 0 Å². The van der Waals surface area contributed by atoms with Crippen molar-refractivity contribution in [3.8, 4) is 5.75 Å². The predicted octanol–water partition coefficient (Wildman–Crippen LogP) is 4.68. The number of nitrogens with one attached hydrogen (secondary N) is 1. The minimum Gasteiger partial charge on any atom is -0.492 e. The quantitative estimate of drug-likeness (QED) is 0.362. The molecule has 1 aliphatic heterocycles. The Labute approximate surface area is 174 Å². The second-order valence-electron chi connectivity index (χ2n) is 7.49. The number of ether oxygens (including phenoxy) is 1. The first kappa shape index (κ1) is 22.9. The zero-order chi connectivity index (χ0) is 20.9. The maximum Gasteiger partial charge on any atom is 0.229 e. The highest BCUT2D eigenvalue weighted by Gasteiger charge is 2.27. The van der Waals surface area contributed by atoms with Crippen molar-refractivity contribution in [2.45, 2.75) is 77.6 Å². The molecule has 6 nitrogen and oxygen atoms in total. The van der Waals surface area contributed by atoms with Crippen molar-refractivity contribution in [1.82, 2.24) is 4.90 Å². The normalized spacial score (nSPS) is 13.8. The van der Waals surface area contributed by atoms with Crippen molar-refractivity contribution < 1.29 is 19.1 Å². The highest BCUT2D eigenvalue weighted by molar-refractivity contribution is 6.01. The van der Waals surface area contributed by atoms with E-state index in [1.165, 1.54) is 4.90 Å². The van der Waals surface area contributed by atoms with E-state index in [0.29, 0.717) is 38.2 Å². The Morgan fingerprint density at radius 2 is 1.52 bits per heavy atom. The summed E-state index contributed by atoms with van der Waals surface area (Å²) in [5.41, 5.74) is 0.733. The molecule has 0 spiro atoms. The Balaban J connectivity index is 1.45. The summed E-state index contributed by atoms with van der Waals surface area (Å²) in [4.78, 5) is 36.6. The van der Waals surface area contributed by atoms with Gasteiger partial charge >= 0.3 is 0 Å². The molecule has 0 saturated carbocycles.